The molecule has 0 aliphatic heterocycles. The summed E-state index contributed by atoms with van der Waals surface area (Å²) in [6.07, 6.45) is 1.69. The Kier molecular flexibility index (Phi) is 3.44. The molecular weight excluding hydrogens is 238 g/mol. The molecule has 17 heavy (non-hydrogen) atoms. The molecule has 0 saturated heterocycles. The highest BCUT2D eigenvalue weighted by Crippen LogP contribution is 2.19. The minimum atomic E-state index is -0.183. The molecule has 0 atom stereocenters. The number of benzene rings is 1. The van der Waals surface area contributed by atoms with Crippen LogP contribution in [0.1, 0.15) is 12.5 Å². The Morgan fingerprint density at radius 2 is 2.12 bits per heavy atom. The quantitative estimate of drug-likeness (QED) is 0.909. The molecule has 5 heteroatoms. The number of nitrogens with zero attached hydrogens (tertiary/aromatic N) is 2. The van der Waals surface area contributed by atoms with Crippen molar-refractivity contribution in [2.24, 2.45) is 0 Å². The number of aromatic nitrogens is 2. The number of amides is 1. The Hall–Kier alpha value is -1.81. The van der Waals surface area contributed by atoms with E-state index in [1.54, 1.807) is 10.9 Å². The molecule has 0 spiro atoms. The molecule has 88 valence electrons. The fourth-order valence-corrected chi connectivity index (χ4v) is 1.70. The lowest BCUT2D eigenvalue weighted by molar-refractivity contribution is -0.114. The summed E-state index contributed by atoms with van der Waals surface area (Å²) >= 11 is 5.96. The van der Waals surface area contributed by atoms with E-state index in [0.29, 0.717) is 17.4 Å². The maximum atomic E-state index is 10.9. The second-order valence-corrected chi connectivity index (χ2v) is 4.10. The topological polar surface area (TPSA) is 46.9 Å². The Balaban J connectivity index is 2.15. The fourth-order valence-electron chi connectivity index (χ4n) is 1.50. The summed E-state index contributed by atoms with van der Waals surface area (Å²) in [4.78, 5) is 10.9. The van der Waals surface area contributed by atoms with Gasteiger partial charge in [0.1, 0.15) is 5.02 Å². The third kappa shape index (κ3) is 3.07. The number of hydrogen-bond donors (Lipinski definition) is 1. The van der Waals surface area contributed by atoms with E-state index in [4.69, 9.17) is 11.6 Å². The molecule has 1 amide bonds. The minimum absolute atomic E-state index is 0.183. The molecule has 1 aromatic carbocycles. The van der Waals surface area contributed by atoms with Crippen molar-refractivity contribution in [2.45, 2.75) is 13.5 Å². The smallest absolute Gasteiger partial charge is 0.222 e. The molecule has 0 bridgehead atoms. The van der Waals surface area contributed by atoms with Crippen molar-refractivity contribution >= 4 is 23.3 Å². The summed E-state index contributed by atoms with van der Waals surface area (Å²) < 4.78 is 1.70. The number of carbonyl (C=O) groups is 1. The SMILES string of the molecule is CC(=O)Nc1nn(Cc2ccccc2)cc1Cl. The van der Waals surface area contributed by atoms with Crippen molar-refractivity contribution in [1.29, 1.82) is 0 Å². The highest BCUT2D eigenvalue weighted by Gasteiger charge is 2.08. The van der Waals surface area contributed by atoms with Gasteiger partial charge in [0, 0.05) is 13.1 Å². The van der Waals surface area contributed by atoms with Crippen LogP contribution in [0.25, 0.3) is 0 Å². The van der Waals surface area contributed by atoms with E-state index in [0.717, 1.165) is 5.56 Å². The molecule has 1 aromatic heterocycles. The standard InChI is InChI=1S/C12H12ClN3O/c1-9(17)14-12-11(13)8-16(15-12)7-10-5-3-2-4-6-10/h2-6,8H,7H2,1H3,(H,14,15,17). The molecule has 1 N–H and O–H groups in total. The van der Waals surface area contributed by atoms with E-state index >= 15 is 0 Å². The molecule has 4 nitrogen and oxygen atoms in total. The number of carbonyl (C=O) groups excluding carboxylic acids is 1. The van der Waals surface area contributed by atoms with Crippen molar-refractivity contribution in [3.63, 3.8) is 0 Å². The monoisotopic (exact) mass is 249 g/mol. The fraction of sp³-hybridized carbons (Fsp3) is 0.167. The second-order valence-electron chi connectivity index (χ2n) is 3.69. The van der Waals surface area contributed by atoms with Gasteiger partial charge < -0.3 is 5.32 Å². The molecule has 0 fully saturated rings. The van der Waals surface area contributed by atoms with Gasteiger partial charge in [-0.3, -0.25) is 9.48 Å². The highest BCUT2D eigenvalue weighted by atomic mass is 35.5. The molecule has 0 aliphatic carbocycles. The number of anilines is 1. The lowest BCUT2D eigenvalue weighted by Crippen LogP contribution is -2.08. The zero-order valence-corrected chi connectivity index (χ0v) is 10.1. The third-order valence-electron chi connectivity index (χ3n) is 2.20. The molecular formula is C12H12ClN3O. The maximum Gasteiger partial charge on any atom is 0.222 e. The molecule has 0 saturated carbocycles. The van der Waals surface area contributed by atoms with Gasteiger partial charge >= 0.3 is 0 Å². The van der Waals surface area contributed by atoms with Gasteiger partial charge in [0.2, 0.25) is 5.91 Å². The summed E-state index contributed by atoms with van der Waals surface area (Å²) in [5, 5.41) is 7.22. The van der Waals surface area contributed by atoms with Crippen LogP contribution in [-0.2, 0) is 11.3 Å². The Labute approximate surface area is 104 Å². The molecule has 2 rings (SSSR count). The average molecular weight is 250 g/mol. The van der Waals surface area contributed by atoms with Crippen LogP contribution in [0.4, 0.5) is 5.82 Å². The van der Waals surface area contributed by atoms with Crippen LogP contribution in [0.2, 0.25) is 5.02 Å². The number of rotatable bonds is 3. The van der Waals surface area contributed by atoms with Gasteiger partial charge in [-0.25, -0.2) is 0 Å². The average Bonchev–Trinajstić information content (AvgIpc) is 2.59. The zero-order chi connectivity index (χ0) is 12.3. The molecule has 0 radical (unpaired) electrons. The van der Waals surface area contributed by atoms with Crippen LogP contribution in [0.5, 0.6) is 0 Å². The highest BCUT2D eigenvalue weighted by molar-refractivity contribution is 6.33. The maximum absolute atomic E-state index is 10.9. The molecule has 0 aliphatic rings. The van der Waals surface area contributed by atoms with Crippen molar-refractivity contribution in [3.05, 3.63) is 47.1 Å². The minimum Gasteiger partial charge on any atom is -0.308 e. The Morgan fingerprint density at radius 3 is 2.76 bits per heavy atom. The molecule has 1 heterocycles. The van der Waals surface area contributed by atoms with E-state index in [9.17, 15) is 4.79 Å². The first-order chi connectivity index (χ1) is 8.15. The normalized spacial score (nSPS) is 10.2. The number of halogens is 1. The van der Waals surface area contributed by atoms with Crippen LogP contribution in [0.3, 0.4) is 0 Å². The van der Waals surface area contributed by atoms with Crippen LogP contribution < -0.4 is 5.32 Å². The van der Waals surface area contributed by atoms with E-state index in [1.807, 2.05) is 30.3 Å². The van der Waals surface area contributed by atoms with E-state index < -0.39 is 0 Å². The van der Waals surface area contributed by atoms with Gasteiger partial charge in [-0.2, -0.15) is 5.10 Å². The van der Waals surface area contributed by atoms with E-state index in [2.05, 4.69) is 10.4 Å². The number of nitrogens with one attached hydrogen (secondary N) is 1. The van der Waals surface area contributed by atoms with Crippen molar-refractivity contribution in [3.8, 4) is 0 Å². The largest absolute Gasteiger partial charge is 0.308 e. The van der Waals surface area contributed by atoms with Gasteiger partial charge in [0.05, 0.1) is 6.54 Å². The first kappa shape index (κ1) is 11.7. The first-order valence-corrected chi connectivity index (χ1v) is 5.57. The van der Waals surface area contributed by atoms with Crippen LogP contribution in [0.15, 0.2) is 36.5 Å². The predicted molar refractivity (Wildman–Crippen MR) is 67.1 cm³/mol. The van der Waals surface area contributed by atoms with Gasteiger partial charge in [-0.15, -0.1) is 0 Å². The van der Waals surface area contributed by atoms with Gasteiger partial charge in [0.25, 0.3) is 0 Å². The van der Waals surface area contributed by atoms with E-state index in [1.165, 1.54) is 6.92 Å². The molecule has 0 unspecified atom stereocenters. The summed E-state index contributed by atoms with van der Waals surface area (Å²) in [5.74, 6) is 0.215. The summed E-state index contributed by atoms with van der Waals surface area (Å²) in [7, 11) is 0. The molecule has 2 aromatic rings. The lowest BCUT2D eigenvalue weighted by Gasteiger charge is -2.01. The summed E-state index contributed by atoms with van der Waals surface area (Å²) in [6.45, 7) is 2.05. The van der Waals surface area contributed by atoms with Gasteiger partial charge in [-0.05, 0) is 5.56 Å². The summed E-state index contributed by atoms with van der Waals surface area (Å²) in [6, 6.07) is 9.91. The third-order valence-corrected chi connectivity index (χ3v) is 2.48. The second kappa shape index (κ2) is 5.01. The van der Waals surface area contributed by atoms with Crippen molar-refractivity contribution in [2.75, 3.05) is 5.32 Å². The first-order valence-electron chi connectivity index (χ1n) is 5.19. The van der Waals surface area contributed by atoms with Crippen molar-refractivity contribution in [1.82, 2.24) is 9.78 Å². The zero-order valence-electron chi connectivity index (χ0n) is 9.35. The van der Waals surface area contributed by atoms with Gasteiger partial charge in [0.15, 0.2) is 5.82 Å². The summed E-state index contributed by atoms with van der Waals surface area (Å²) in [5.41, 5.74) is 1.13. The van der Waals surface area contributed by atoms with Crippen LogP contribution in [0, 0.1) is 0 Å². The predicted octanol–water partition coefficient (Wildman–Crippen LogP) is 2.54. The van der Waals surface area contributed by atoms with Crippen molar-refractivity contribution < 1.29 is 4.79 Å². The van der Waals surface area contributed by atoms with Crippen LogP contribution in [-0.4, -0.2) is 15.7 Å². The Morgan fingerprint density at radius 1 is 1.41 bits per heavy atom. The number of hydrogen-bond acceptors (Lipinski definition) is 2. The van der Waals surface area contributed by atoms with Crippen LogP contribution >= 0.6 is 11.6 Å². The lowest BCUT2D eigenvalue weighted by atomic mass is 10.2. The van der Waals surface area contributed by atoms with E-state index in [-0.39, 0.29) is 5.91 Å². The van der Waals surface area contributed by atoms with Gasteiger partial charge in [-0.1, -0.05) is 41.9 Å². The Bertz CT molecular complexity index is 522.